The smallest absolute Gasteiger partial charge is 0.246 e. The van der Waals surface area contributed by atoms with Gasteiger partial charge in [-0.05, 0) is 26.0 Å². The van der Waals surface area contributed by atoms with Crippen LogP contribution >= 0.6 is 24.0 Å². The lowest BCUT2D eigenvalue weighted by Crippen LogP contribution is -2.44. The lowest BCUT2D eigenvalue weighted by Gasteiger charge is -2.18. The average Bonchev–Trinajstić information content (AvgIpc) is 3.32. The Kier molecular flexibility index (Phi) is 8.83. The summed E-state index contributed by atoms with van der Waals surface area (Å²) in [4.78, 5) is 22.6. The zero-order valence-corrected chi connectivity index (χ0v) is 19.1. The summed E-state index contributed by atoms with van der Waals surface area (Å²) in [5.41, 5.74) is 0.904. The summed E-state index contributed by atoms with van der Waals surface area (Å²) in [6.45, 7) is 5.29. The number of guanidine groups is 1. The van der Waals surface area contributed by atoms with E-state index < -0.39 is 0 Å². The van der Waals surface area contributed by atoms with Gasteiger partial charge in [0.2, 0.25) is 11.8 Å². The quantitative estimate of drug-likeness (QED) is 0.332. The fourth-order valence-electron chi connectivity index (χ4n) is 3.04. The van der Waals surface area contributed by atoms with Crippen molar-refractivity contribution in [3.05, 3.63) is 42.0 Å². The van der Waals surface area contributed by atoms with Crippen molar-refractivity contribution in [2.24, 2.45) is 4.99 Å². The number of anilines is 1. The average molecular weight is 514 g/mol. The number of hydrogen-bond acceptors (Lipinski definition) is 6. The Bertz CT molecular complexity index is 813. The lowest BCUT2D eigenvalue weighted by molar-refractivity contribution is -0.117. The SMILES string of the molecule is CCOC(C)c1noc(CNC(=NC)NC2CC(=O)N(c3ccccc3)C2)n1.I. The molecule has 0 saturated carbocycles. The van der Waals surface area contributed by atoms with E-state index in [4.69, 9.17) is 9.26 Å². The number of carbonyl (C=O) groups excluding carboxylic acids is 1. The highest BCUT2D eigenvalue weighted by Crippen LogP contribution is 2.21. The van der Waals surface area contributed by atoms with Crippen LogP contribution < -0.4 is 15.5 Å². The van der Waals surface area contributed by atoms with Gasteiger partial charge < -0.3 is 24.8 Å². The van der Waals surface area contributed by atoms with Crippen molar-refractivity contribution < 1.29 is 14.1 Å². The number of carbonyl (C=O) groups is 1. The first-order valence-corrected chi connectivity index (χ1v) is 9.37. The highest BCUT2D eigenvalue weighted by Gasteiger charge is 2.31. The molecule has 2 aromatic rings. The number of halogens is 1. The van der Waals surface area contributed by atoms with Gasteiger partial charge in [-0.15, -0.1) is 24.0 Å². The number of nitrogens with one attached hydrogen (secondary N) is 2. The monoisotopic (exact) mass is 514 g/mol. The van der Waals surface area contributed by atoms with Crippen molar-refractivity contribution in [3.8, 4) is 0 Å². The predicted octanol–water partition coefficient (Wildman–Crippen LogP) is 2.26. The second kappa shape index (κ2) is 11.1. The van der Waals surface area contributed by atoms with Crippen LogP contribution in [0.4, 0.5) is 5.69 Å². The van der Waals surface area contributed by atoms with Crippen LogP contribution in [0.25, 0.3) is 0 Å². The minimum absolute atomic E-state index is 0. The van der Waals surface area contributed by atoms with Crippen LogP contribution in [0.3, 0.4) is 0 Å². The van der Waals surface area contributed by atoms with E-state index in [-0.39, 0.29) is 42.0 Å². The summed E-state index contributed by atoms with van der Waals surface area (Å²) in [5.74, 6) is 1.62. The molecule has 29 heavy (non-hydrogen) atoms. The molecule has 1 fully saturated rings. The summed E-state index contributed by atoms with van der Waals surface area (Å²) < 4.78 is 10.7. The van der Waals surface area contributed by atoms with Crippen molar-refractivity contribution in [2.45, 2.75) is 39.0 Å². The second-order valence-corrected chi connectivity index (χ2v) is 6.45. The Hall–Kier alpha value is -2.21. The molecule has 2 N–H and O–H groups in total. The number of nitrogens with zero attached hydrogens (tertiary/aromatic N) is 4. The number of aromatic nitrogens is 2. The van der Waals surface area contributed by atoms with Crippen molar-refractivity contribution in [1.82, 2.24) is 20.8 Å². The summed E-state index contributed by atoms with van der Waals surface area (Å²) in [6.07, 6.45) is 0.194. The van der Waals surface area contributed by atoms with E-state index in [1.165, 1.54) is 0 Å². The maximum absolute atomic E-state index is 12.3. The molecule has 0 radical (unpaired) electrons. The number of ether oxygens (including phenoxy) is 1. The molecule has 0 aliphatic carbocycles. The predicted molar refractivity (Wildman–Crippen MR) is 120 cm³/mol. The minimum Gasteiger partial charge on any atom is -0.371 e. The van der Waals surface area contributed by atoms with Gasteiger partial charge in [-0.2, -0.15) is 4.98 Å². The molecule has 2 unspecified atom stereocenters. The van der Waals surface area contributed by atoms with E-state index in [9.17, 15) is 4.79 Å². The zero-order chi connectivity index (χ0) is 19.9. The van der Waals surface area contributed by atoms with Crippen molar-refractivity contribution in [2.75, 3.05) is 25.1 Å². The fraction of sp³-hybridized carbons (Fsp3) is 0.474. The molecular weight excluding hydrogens is 487 g/mol. The van der Waals surface area contributed by atoms with Crippen LogP contribution in [0.2, 0.25) is 0 Å². The summed E-state index contributed by atoms with van der Waals surface area (Å²) in [6, 6.07) is 9.62. The van der Waals surface area contributed by atoms with E-state index in [2.05, 4.69) is 25.8 Å². The molecule has 10 heteroatoms. The van der Waals surface area contributed by atoms with E-state index in [1.54, 1.807) is 11.9 Å². The van der Waals surface area contributed by atoms with Gasteiger partial charge >= 0.3 is 0 Å². The molecule has 1 aromatic heterocycles. The fourth-order valence-corrected chi connectivity index (χ4v) is 3.04. The van der Waals surface area contributed by atoms with Crippen LogP contribution in [0.1, 0.15) is 38.1 Å². The van der Waals surface area contributed by atoms with Crippen LogP contribution in [0.15, 0.2) is 39.8 Å². The maximum atomic E-state index is 12.3. The van der Waals surface area contributed by atoms with Gasteiger partial charge in [0.1, 0.15) is 6.10 Å². The third-order valence-electron chi connectivity index (χ3n) is 4.43. The molecular formula is C19H27IN6O3. The van der Waals surface area contributed by atoms with Crippen LogP contribution in [0, 0.1) is 0 Å². The largest absolute Gasteiger partial charge is 0.371 e. The van der Waals surface area contributed by atoms with Crippen molar-refractivity contribution in [1.29, 1.82) is 0 Å². The van der Waals surface area contributed by atoms with E-state index in [0.29, 0.717) is 43.8 Å². The van der Waals surface area contributed by atoms with Crippen LogP contribution in [-0.4, -0.2) is 48.2 Å². The molecule has 1 saturated heterocycles. The molecule has 1 aliphatic rings. The number of para-hydroxylation sites is 1. The first kappa shape index (κ1) is 23.1. The molecule has 158 valence electrons. The minimum atomic E-state index is -0.214. The molecule has 1 aromatic carbocycles. The lowest BCUT2D eigenvalue weighted by atomic mass is 10.2. The number of aliphatic imine (C=N–C) groups is 1. The summed E-state index contributed by atoms with van der Waals surface area (Å²) >= 11 is 0. The van der Waals surface area contributed by atoms with E-state index >= 15 is 0 Å². The zero-order valence-electron chi connectivity index (χ0n) is 16.8. The Labute approximate surface area is 187 Å². The number of rotatable bonds is 7. The standard InChI is InChI=1S/C19H26N6O3.HI/c1-4-27-13(2)18-23-16(28-24-18)11-21-19(20-3)22-14-10-17(26)25(12-14)15-8-6-5-7-9-15;/h5-9,13-14H,4,10-12H2,1-3H3,(H2,20,21,22);1H. The Morgan fingerprint density at radius 2 is 2.17 bits per heavy atom. The third-order valence-corrected chi connectivity index (χ3v) is 4.43. The van der Waals surface area contributed by atoms with Gasteiger partial charge in [0.15, 0.2) is 11.8 Å². The van der Waals surface area contributed by atoms with E-state index in [1.807, 2.05) is 44.2 Å². The van der Waals surface area contributed by atoms with Gasteiger partial charge in [-0.25, -0.2) is 0 Å². The van der Waals surface area contributed by atoms with Gasteiger partial charge in [0, 0.05) is 32.3 Å². The topological polar surface area (TPSA) is 105 Å². The summed E-state index contributed by atoms with van der Waals surface area (Å²) in [5, 5.41) is 10.3. The van der Waals surface area contributed by atoms with Gasteiger partial charge in [0.25, 0.3) is 0 Å². The van der Waals surface area contributed by atoms with Gasteiger partial charge in [-0.3, -0.25) is 9.79 Å². The molecule has 1 amide bonds. The maximum Gasteiger partial charge on any atom is 0.246 e. The highest BCUT2D eigenvalue weighted by molar-refractivity contribution is 14.0. The molecule has 2 atom stereocenters. The van der Waals surface area contributed by atoms with Crippen LogP contribution in [-0.2, 0) is 16.1 Å². The van der Waals surface area contributed by atoms with E-state index in [0.717, 1.165) is 5.69 Å². The summed E-state index contributed by atoms with van der Waals surface area (Å²) in [7, 11) is 1.68. The van der Waals surface area contributed by atoms with Gasteiger partial charge in [-0.1, -0.05) is 23.4 Å². The molecule has 3 rings (SSSR count). The number of hydrogen-bond donors (Lipinski definition) is 2. The number of benzene rings is 1. The Morgan fingerprint density at radius 3 is 2.86 bits per heavy atom. The number of amides is 1. The molecule has 1 aliphatic heterocycles. The molecule has 2 heterocycles. The Balaban J connectivity index is 0.00000300. The second-order valence-electron chi connectivity index (χ2n) is 6.45. The highest BCUT2D eigenvalue weighted by atomic mass is 127. The van der Waals surface area contributed by atoms with Crippen molar-refractivity contribution in [3.63, 3.8) is 0 Å². The van der Waals surface area contributed by atoms with Gasteiger partial charge in [0.05, 0.1) is 12.6 Å². The first-order valence-electron chi connectivity index (χ1n) is 9.37. The third kappa shape index (κ3) is 6.13. The molecule has 0 bridgehead atoms. The van der Waals surface area contributed by atoms with Crippen LogP contribution in [0.5, 0.6) is 0 Å². The molecule has 0 spiro atoms. The Morgan fingerprint density at radius 1 is 1.41 bits per heavy atom. The first-order chi connectivity index (χ1) is 13.6. The normalized spacial score (nSPS) is 17.8. The van der Waals surface area contributed by atoms with Crippen molar-refractivity contribution >= 4 is 41.5 Å². The molecule has 9 nitrogen and oxygen atoms in total.